The Morgan fingerprint density at radius 3 is 2.24 bits per heavy atom. The van der Waals surface area contributed by atoms with Crippen molar-refractivity contribution in [2.75, 3.05) is 19.8 Å². The van der Waals surface area contributed by atoms with Gasteiger partial charge in [0.15, 0.2) is 0 Å². The number of benzene rings is 2. The third-order valence-electron chi connectivity index (χ3n) is 4.84. The van der Waals surface area contributed by atoms with E-state index in [0.717, 1.165) is 34.2 Å². The van der Waals surface area contributed by atoms with E-state index < -0.39 is 0 Å². The molecule has 0 radical (unpaired) electrons. The Bertz CT molecular complexity index is 980. The highest BCUT2D eigenvalue weighted by molar-refractivity contribution is 7.15. The number of rotatable bonds is 6. The zero-order valence-electron chi connectivity index (χ0n) is 16.7. The van der Waals surface area contributed by atoms with E-state index in [0.29, 0.717) is 31.9 Å². The van der Waals surface area contributed by atoms with E-state index in [-0.39, 0.29) is 5.91 Å². The van der Waals surface area contributed by atoms with Crippen LogP contribution < -0.4 is 9.47 Å². The lowest BCUT2D eigenvalue weighted by Gasteiger charge is -2.26. The number of thiazole rings is 1. The predicted octanol–water partition coefficient (Wildman–Crippen LogP) is 4.81. The molecule has 3 aromatic rings. The minimum Gasteiger partial charge on any atom is -0.494 e. The van der Waals surface area contributed by atoms with Crippen molar-refractivity contribution in [1.82, 2.24) is 9.88 Å². The van der Waals surface area contributed by atoms with Gasteiger partial charge in [0.05, 0.1) is 25.5 Å². The highest BCUT2D eigenvalue weighted by atomic mass is 32.1. The SMILES string of the molecule is CCOc1ccc(C(=O)N2CCc3nc(-c4ccc(OCC)cc4)sc3C2)cc1. The molecule has 0 fully saturated rings. The Labute approximate surface area is 174 Å². The molecule has 2 heterocycles. The van der Waals surface area contributed by atoms with Gasteiger partial charge in [-0.2, -0.15) is 0 Å². The first-order valence-electron chi connectivity index (χ1n) is 9.92. The van der Waals surface area contributed by atoms with E-state index in [1.54, 1.807) is 11.3 Å². The van der Waals surface area contributed by atoms with Gasteiger partial charge in [-0.15, -0.1) is 11.3 Å². The Balaban J connectivity index is 1.47. The van der Waals surface area contributed by atoms with Gasteiger partial charge in [-0.1, -0.05) is 0 Å². The average Bonchev–Trinajstić information content (AvgIpc) is 3.18. The van der Waals surface area contributed by atoms with Crippen LogP contribution in [0.1, 0.15) is 34.8 Å². The Morgan fingerprint density at radius 2 is 1.62 bits per heavy atom. The van der Waals surface area contributed by atoms with Gasteiger partial charge in [0.25, 0.3) is 5.91 Å². The first-order chi connectivity index (χ1) is 14.2. The topological polar surface area (TPSA) is 51.7 Å². The number of carbonyl (C=O) groups is 1. The highest BCUT2D eigenvalue weighted by Gasteiger charge is 2.25. The van der Waals surface area contributed by atoms with Crippen molar-refractivity contribution in [3.63, 3.8) is 0 Å². The molecule has 0 atom stereocenters. The maximum atomic E-state index is 12.9. The molecule has 0 saturated heterocycles. The summed E-state index contributed by atoms with van der Waals surface area (Å²) in [5.74, 6) is 1.70. The molecule has 29 heavy (non-hydrogen) atoms. The summed E-state index contributed by atoms with van der Waals surface area (Å²) in [6.45, 7) is 6.49. The summed E-state index contributed by atoms with van der Waals surface area (Å²) < 4.78 is 11.0. The molecule has 150 valence electrons. The van der Waals surface area contributed by atoms with Gasteiger partial charge in [-0.05, 0) is 62.4 Å². The minimum absolute atomic E-state index is 0.0507. The second-order valence-corrected chi connectivity index (χ2v) is 7.86. The standard InChI is InChI=1S/C23H24N2O3S/c1-3-27-18-9-5-16(6-10-18)22-24-20-13-14-25(15-21(20)29-22)23(26)17-7-11-19(12-8-17)28-4-2/h5-12H,3-4,13-15H2,1-2H3. The zero-order valence-corrected chi connectivity index (χ0v) is 17.5. The zero-order chi connectivity index (χ0) is 20.2. The van der Waals surface area contributed by atoms with Crippen LogP contribution in [0.5, 0.6) is 11.5 Å². The Hall–Kier alpha value is -2.86. The maximum Gasteiger partial charge on any atom is 0.254 e. The highest BCUT2D eigenvalue weighted by Crippen LogP contribution is 2.33. The van der Waals surface area contributed by atoms with Crippen LogP contribution in [0, 0.1) is 0 Å². The number of hydrogen-bond donors (Lipinski definition) is 0. The second kappa shape index (κ2) is 8.66. The van der Waals surface area contributed by atoms with Crippen LogP contribution in [0.4, 0.5) is 0 Å². The number of nitrogens with zero attached hydrogens (tertiary/aromatic N) is 2. The lowest BCUT2D eigenvalue weighted by Crippen LogP contribution is -2.35. The van der Waals surface area contributed by atoms with Gasteiger partial charge in [-0.3, -0.25) is 4.79 Å². The molecule has 5 nitrogen and oxygen atoms in total. The molecule has 0 bridgehead atoms. The van der Waals surface area contributed by atoms with Gasteiger partial charge in [0.1, 0.15) is 16.5 Å². The van der Waals surface area contributed by atoms with Crippen molar-refractivity contribution in [2.24, 2.45) is 0 Å². The fourth-order valence-corrected chi connectivity index (χ4v) is 4.52. The number of amides is 1. The fraction of sp³-hybridized carbons (Fsp3) is 0.304. The third-order valence-corrected chi connectivity index (χ3v) is 5.97. The van der Waals surface area contributed by atoms with Crippen molar-refractivity contribution in [3.8, 4) is 22.1 Å². The van der Waals surface area contributed by atoms with Crippen LogP contribution in [-0.4, -0.2) is 35.5 Å². The van der Waals surface area contributed by atoms with Gasteiger partial charge in [0.2, 0.25) is 0 Å². The molecular weight excluding hydrogens is 384 g/mol. The molecule has 1 amide bonds. The molecule has 4 rings (SSSR count). The molecule has 0 saturated carbocycles. The summed E-state index contributed by atoms with van der Waals surface area (Å²) in [7, 11) is 0. The average molecular weight is 409 g/mol. The molecule has 0 N–H and O–H groups in total. The lowest BCUT2D eigenvalue weighted by molar-refractivity contribution is 0.0736. The number of aromatic nitrogens is 1. The molecule has 0 aliphatic carbocycles. The van der Waals surface area contributed by atoms with Gasteiger partial charge < -0.3 is 14.4 Å². The van der Waals surface area contributed by atoms with E-state index in [9.17, 15) is 4.79 Å². The third kappa shape index (κ3) is 4.27. The Kier molecular flexibility index (Phi) is 5.81. The molecule has 1 aromatic heterocycles. The lowest BCUT2D eigenvalue weighted by atomic mass is 10.1. The van der Waals surface area contributed by atoms with Gasteiger partial charge in [0, 0.05) is 29.0 Å². The molecule has 0 spiro atoms. The molecule has 0 unspecified atom stereocenters. The molecule has 1 aliphatic rings. The van der Waals surface area contributed by atoms with Crippen molar-refractivity contribution < 1.29 is 14.3 Å². The first-order valence-corrected chi connectivity index (χ1v) is 10.7. The van der Waals surface area contributed by atoms with Crippen LogP contribution in [0.3, 0.4) is 0 Å². The normalized spacial score (nSPS) is 13.1. The van der Waals surface area contributed by atoms with E-state index >= 15 is 0 Å². The summed E-state index contributed by atoms with van der Waals surface area (Å²) in [5.41, 5.74) is 2.88. The fourth-order valence-electron chi connectivity index (χ4n) is 3.40. The second-order valence-electron chi connectivity index (χ2n) is 6.78. The predicted molar refractivity (Wildman–Crippen MR) is 115 cm³/mol. The summed E-state index contributed by atoms with van der Waals surface area (Å²) >= 11 is 1.67. The molecule has 6 heteroatoms. The van der Waals surface area contributed by atoms with Crippen LogP contribution in [0.15, 0.2) is 48.5 Å². The number of ether oxygens (including phenoxy) is 2. The Morgan fingerprint density at radius 1 is 1.00 bits per heavy atom. The van der Waals surface area contributed by atoms with Crippen molar-refractivity contribution in [1.29, 1.82) is 0 Å². The number of hydrogen-bond acceptors (Lipinski definition) is 5. The van der Waals surface area contributed by atoms with E-state index in [1.807, 2.05) is 67.3 Å². The minimum atomic E-state index is 0.0507. The smallest absolute Gasteiger partial charge is 0.254 e. The van der Waals surface area contributed by atoms with Crippen LogP contribution in [0.25, 0.3) is 10.6 Å². The van der Waals surface area contributed by atoms with Crippen molar-refractivity contribution in [2.45, 2.75) is 26.8 Å². The quantitative estimate of drug-likeness (QED) is 0.588. The number of carbonyl (C=O) groups excluding carboxylic acids is 1. The summed E-state index contributed by atoms with van der Waals surface area (Å²) in [6, 6.07) is 15.4. The molecular formula is C23H24N2O3S. The van der Waals surface area contributed by atoms with Gasteiger partial charge >= 0.3 is 0 Å². The van der Waals surface area contributed by atoms with E-state index in [1.165, 1.54) is 4.88 Å². The van der Waals surface area contributed by atoms with Crippen molar-refractivity contribution >= 4 is 17.2 Å². The van der Waals surface area contributed by atoms with E-state index in [2.05, 4.69) is 0 Å². The number of fused-ring (bicyclic) bond motifs is 1. The van der Waals surface area contributed by atoms with Crippen LogP contribution in [-0.2, 0) is 13.0 Å². The van der Waals surface area contributed by atoms with Crippen LogP contribution >= 0.6 is 11.3 Å². The monoisotopic (exact) mass is 408 g/mol. The summed E-state index contributed by atoms with van der Waals surface area (Å²) in [5, 5.41) is 0.994. The first kappa shape index (κ1) is 19.5. The van der Waals surface area contributed by atoms with E-state index in [4.69, 9.17) is 14.5 Å². The van der Waals surface area contributed by atoms with Crippen molar-refractivity contribution in [3.05, 3.63) is 64.7 Å². The molecule has 1 aliphatic heterocycles. The summed E-state index contributed by atoms with van der Waals surface area (Å²) in [4.78, 5) is 20.8. The maximum absolute atomic E-state index is 12.9. The van der Waals surface area contributed by atoms with Crippen LogP contribution in [0.2, 0.25) is 0 Å². The summed E-state index contributed by atoms with van der Waals surface area (Å²) in [6.07, 6.45) is 0.783. The largest absolute Gasteiger partial charge is 0.494 e. The van der Waals surface area contributed by atoms with Gasteiger partial charge in [-0.25, -0.2) is 4.98 Å². The molecule has 2 aromatic carbocycles.